The maximum Gasteiger partial charge on any atom is 0.421 e. The third-order valence-corrected chi connectivity index (χ3v) is 7.25. The van der Waals surface area contributed by atoms with Gasteiger partial charge in [0.15, 0.2) is 0 Å². The maximum atomic E-state index is 13.3. The van der Waals surface area contributed by atoms with Crippen molar-refractivity contribution in [3.8, 4) is 0 Å². The van der Waals surface area contributed by atoms with E-state index >= 15 is 0 Å². The molecule has 0 unspecified atom stereocenters. The number of amides is 1. The van der Waals surface area contributed by atoms with Crippen LogP contribution in [0.3, 0.4) is 0 Å². The number of carbonyl (C=O) groups is 1. The Morgan fingerprint density at radius 2 is 2.00 bits per heavy atom. The maximum absolute atomic E-state index is 13.3. The molecule has 4 rings (SSSR count). The highest BCUT2D eigenvalue weighted by atomic mass is 32.1. The lowest BCUT2D eigenvalue weighted by Crippen LogP contribution is -2.47. The molecule has 168 valence electrons. The summed E-state index contributed by atoms with van der Waals surface area (Å²) in [4.78, 5) is 25.8. The smallest absolute Gasteiger partial charge is 0.370 e. The number of anilines is 3. The van der Waals surface area contributed by atoms with Gasteiger partial charge < -0.3 is 16.0 Å². The second kappa shape index (κ2) is 7.96. The van der Waals surface area contributed by atoms with Gasteiger partial charge in [-0.15, -0.1) is 0 Å². The molecule has 2 aromatic rings. The number of alkyl halides is 3. The molecule has 1 saturated heterocycles. The molecule has 0 aromatic carbocycles. The number of thiazole rings is 1. The van der Waals surface area contributed by atoms with E-state index in [0.29, 0.717) is 24.5 Å². The summed E-state index contributed by atoms with van der Waals surface area (Å²) < 4.78 is 39.9. The Morgan fingerprint density at radius 3 is 2.53 bits per heavy atom. The fraction of sp³-hybridized carbons (Fsp3) is 0.556. The summed E-state index contributed by atoms with van der Waals surface area (Å²) in [6.07, 6.45) is -1.14. The summed E-state index contributed by atoms with van der Waals surface area (Å²) in [7, 11) is 6.10. The first-order valence-corrected chi connectivity index (χ1v) is 11.5. The van der Waals surface area contributed by atoms with Crippen LogP contribution in [0.25, 0.3) is 0 Å². The number of carbonyl (C=O) groups excluding carboxylic acids is 1. The minimum Gasteiger partial charge on any atom is -0.370 e. The van der Waals surface area contributed by atoms with Gasteiger partial charge in [-0.1, -0.05) is 16.4 Å². The predicted octanol–water partition coefficient (Wildman–Crippen LogP) is 0.735. The number of aromatic nitrogens is 3. The van der Waals surface area contributed by atoms with E-state index in [4.69, 9.17) is 4.98 Å². The van der Waals surface area contributed by atoms with Crippen molar-refractivity contribution >= 4 is 57.6 Å². The van der Waals surface area contributed by atoms with Crippen molar-refractivity contribution in [3.63, 3.8) is 0 Å². The van der Waals surface area contributed by atoms with E-state index in [1.807, 2.05) is 23.5 Å². The van der Waals surface area contributed by atoms with Gasteiger partial charge in [0, 0.05) is 25.2 Å². The van der Waals surface area contributed by atoms with Crippen molar-refractivity contribution in [2.24, 2.45) is 0 Å². The molecule has 2 fully saturated rings. The normalized spacial score (nSPS) is 21.4. The second-order valence-corrected chi connectivity index (χ2v) is 10.3. The summed E-state index contributed by atoms with van der Waals surface area (Å²) >= 11 is 1.37. The van der Waals surface area contributed by atoms with Crippen LogP contribution in [0, 0.1) is 0 Å². The molecule has 1 aliphatic carbocycles. The molecule has 1 amide bonds. The third-order valence-electron chi connectivity index (χ3n) is 6.10. The van der Waals surface area contributed by atoms with Crippen molar-refractivity contribution in [2.45, 2.75) is 48.8 Å². The van der Waals surface area contributed by atoms with Gasteiger partial charge in [-0.25, -0.2) is 9.97 Å². The Balaban J connectivity index is 1.73. The number of nitrogens with one attached hydrogen (secondary N) is 3. The largest absolute Gasteiger partial charge is 0.421 e. The van der Waals surface area contributed by atoms with Crippen LogP contribution in [0.2, 0.25) is 5.11 Å². The molecule has 0 bridgehead atoms. The molecule has 2 aliphatic rings. The molecule has 1 saturated carbocycles. The van der Waals surface area contributed by atoms with Gasteiger partial charge in [-0.05, 0) is 26.2 Å². The van der Waals surface area contributed by atoms with Crippen LogP contribution in [0.15, 0.2) is 6.20 Å². The molecule has 1 atom stereocenters. The van der Waals surface area contributed by atoms with Crippen LogP contribution in [-0.2, 0) is 16.4 Å². The van der Waals surface area contributed by atoms with E-state index in [9.17, 15) is 18.0 Å². The summed E-state index contributed by atoms with van der Waals surface area (Å²) in [6.45, 7) is 2.58. The van der Waals surface area contributed by atoms with Gasteiger partial charge in [0.25, 0.3) is 0 Å². The SMILES string of the molecule is BC(B)(B)[C@]1(c2nc(C3CC3)c(Nc3ncc(C(F)(F)F)c(NCC)n3)s2)CCNC1=O. The van der Waals surface area contributed by atoms with E-state index in [-0.39, 0.29) is 28.7 Å². The van der Waals surface area contributed by atoms with Crippen molar-refractivity contribution in [3.05, 3.63) is 22.5 Å². The molecule has 2 aromatic heterocycles. The van der Waals surface area contributed by atoms with Crippen LogP contribution < -0.4 is 16.0 Å². The van der Waals surface area contributed by atoms with Gasteiger partial charge in [0.05, 0.1) is 34.6 Å². The average molecular weight is 462 g/mol. The van der Waals surface area contributed by atoms with Gasteiger partial charge in [-0.2, -0.15) is 18.2 Å². The number of hydrogen-bond donors (Lipinski definition) is 3. The lowest BCUT2D eigenvalue weighted by atomic mass is 9.32. The molecule has 32 heavy (non-hydrogen) atoms. The molecule has 1 aliphatic heterocycles. The zero-order valence-corrected chi connectivity index (χ0v) is 19.3. The van der Waals surface area contributed by atoms with E-state index < -0.39 is 17.2 Å². The fourth-order valence-electron chi connectivity index (χ4n) is 4.16. The van der Waals surface area contributed by atoms with Crippen LogP contribution >= 0.6 is 11.3 Å². The van der Waals surface area contributed by atoms with E-state index in [2.05, 4.69) is 25.9 Å². The van der Waals surface area contributed by atoms with Crippen LogP contribution in [0.4, 0.5) is 29.9 Å². The molecule has 3 heterocycles. The molecule has 3 N–H and O–H groups in total. The second-order valence-electron chi connectivity index (χ2n) is 9.28. The van der Waals surface area contributed by atoms with E-state index in [0.717, 1.165) is 29.7 Å². The summed E-state index contributed by atoms with van der Waals surface area (Å²) in [5.41, 5.74) is -0.828. The van der Waals surface area contributed by atoms with E-state index in [1.165, 1.54) is 11.3 Å². The zero-order valence-electron chi connectivity index (χ0n) is 18.5. The Morgan fingerprint density at radius 1 is 1.28 bits per heavy atom. The Hall–Kier alpha value is -2.24. The predicted molar refractivity (Wildman–Crippen MR) is 126 cm³/mol. The first-order valence-electron chi connectivity index (χ1n) is 10.7. The summed E-state index contributed by atoms with van der Waals surface area (Å²) in [5.74, 6) is 0.0304. The van der Waals surface area contributed by atoms with Crippen molar-refractivity contribution in [1.29, 1.82) is 0 Å². The van der Waals surface area contributed by atoms with Crippen LogP contribution in [0.5, 0.6) is 0 Å². The average Bonchev–Trinajstić information content (AvgIpc) is 3.32. The van der Waals surface area contributed by atoms with Gasteiger partial charge in [0.2, 0.25) is 11.9 Å². The van der Waals surface area contributed by atoms with E-state index in [1.54, 1.807) is 6.92 Å². The Bertz CT molecular complexity index is 1040. The van der Waals surface area contributed by atoms with Crippen molar-refractivity contribution in [2.75, 3.05) is 23.7 Å². The Kier molecular flexibility index (Phi) is 5.71. The summed E-state index contributed by atoms with van der Waals surface area (Å²) in [6, 6.07) is 0. The molecule has 0 radical (unpaired) electrons. The highest BCUT2D eigenvalue weighted by Crippen LogP contribution is 2.52. The summed E-state index contributed by atoms with van der Waals surface area (Å²) in [5, 5.41) is 9.76. The Labute approximate surface area is 191 Å². The first-order chi connectivity index (χ1) is 15.0. The zero-order chi connectivity index (χ0) is 23.3. The minimum absolute atomic E-state index is 0.0344. The minimum atomic E-state index is -4.55. The van der Waals surface area contributed by atoms with Gasteiger partial charge >= 0.3 is 6.18 Å². The quantitative estimate of drug-likeness (QED) is 0.527. The standard InChI is InChI=1S/C18H24B3F3N6OS/c1-2-25-11-9(17(22,23)24)7-27-15(29-11)30-12-10(8-3-4-8)28-14(32-12)16(18(19,20)21)5-6-26-13(16)31/h7-8H,2-6,19-21H2,1H3,(H,26,31)(H2,25,27,29,30)/t16-/m1/s1. The molecule has 7 nitrogen and oxygen atoms in total. The molecule has 14 heteroatoms. The topological polar surface area (TPSA) is 91.8 Å². The monoisotopic (exact) mass is 462 g/mol. The lowest BCUT2D eigenvalue weighted by Gasteiger charge is -2.38. The van der Waals surface area contributed by atoms with Gasteiger partial charge in [-0.3, -0.25) is 4.79 Å². The number of hydrogen-bond acceptors (Lipinski definition) is 7. The van der Waals surface area contributed by atoms with Crippen molar-refractivity contribution in [1.82, 2.24) is 20.3 Å². The highest BCUT2D eigenvalue weighted by molar-refractivity contribution is 7.16. The van der Waals surface area contributed by atoms with Crippen LogP contribution in [0.1, 0.15) is 48.4 Å². The number of rotatable bonds is 7. The van der Waals surface area contributed by atoms with Crippen molar-refractivity contribution < 1.29 is 18.0 Å². The molecular weight excluding hydrogens is 438 g/mol. The highest BCUT2D eigenvalue weighted by Gasteiger charge is 2.54. The molecular formula is C18H24B3F3N6OS. The molecule has 0 spiro atoms. The fourth-order valence-corrected chi connectivity index (χ4v) is 5.63. The number of nitrogens with zero attached hydrogens (tertiary/aromatic N) is 3. The number of halogens is 3. The van der Waals surface area contributed by atoms with Gasteiger partial charge in [0.1, 0.15) is 21.4 Å². The lowest BCUT2D eigenvalue weighted by molar-refractivity contribution is -0.137. The first kappa shape index (κ1) is 22.9. The van der Waals surface area contributed by atoms with Crippen LogP contribution in [-0.4, -0.2) is 57.5 Å². The third kappa shape index (κ3) is 3.97.